The maximum absolute atomic E-state index is 14.5. The molecule has 0 fully saturated rings. The van der Waals surface area contributed by atoms with Gasteiger partial charge in [-0.15, -0.1) is 0 Å². The maximum Gasteiger partial charge on any atom is 0.242 e. The van der Waals surface area contributed by atoms with E-state index in [0.717, 1.165) is 96.3 Å². The van der Waals surface area contributed by atoms with Crippen molar-refractivity contribution in [2.24, 2.45) is 11.5 Å². The van der Waals surface area contributed by atoms with E-state index in [1.54, 1.807) is 14.7 Å². The molecular weight excluding hydrogens is 851 g/mol. The summed E-state index contributed by atoms with van der Waals surface area (Å²) < 4.78 is 0. The number of carbonyl (C=O) groups excluding carboxylic acids is 5. The van der Waals surface area contributed by atoms with Crippen LogP contribution >= 0.6 is 0 Å². The molecule has 0 heterocycles. The molecule has 0 radical (unpaired) electrons. The molecule has 0 aliphatic heterocycles. The average molecular weight is 963 g/mol. The Morgan fingerprint density at radius 3 is 0.779 bits per heavy atom. The van der Waals surface area contributed by atoms with Crippen LogP contribution in [-0.2, 0) is 24.0 Å². The van der Waals surface area contributed by atoms with E-state index in [1.165, 1.54) is 140 Å². The van der Waals surface area contributed by atoms with E-state index in [9.17, 15) is 24.0 Å². The van der Waals surface area contributed by atoms with Gasteiger partial charge in [0.15, 0.2) is 0 Å². The molecule has 0 rings (SSSR count). The first-order valence-corrected chi connectivity index (χ1v) is 28.9. The largest absolute Gasteiger partial charge is 0.368 e. The van der Waals surface area contributed by atoms with Gasteiger partial charge in [0.1, 0.15) is 0 Å². The molecule has 12 nitrogen and oxygen atoms in total. The molecule has 0 unspecified atom stereocenters. The van der Waals surface area contributed by atoms with Crippen LogP contribution in [0.2, 0.25) is 0 Å². The Bertz CT molecular complexity index is 1210. The van der Waals surface area contributed by atoms with Crippen LogP contribution < -0.4 is 16.8 Å². The van der Waals surface area contributed by atoms with E-state index in [4.69, 9.17) is 11.5 Å². The summed E-state index contributed by atoms with van der Waals surface area (Å²) in [5.74, 6) is -1.50. The van der Waals surface area contributed by atoms with Gasteiger partial charge in [-0.1, -0.05) is 233 Å². The Kier molecular flexibility index (Phi) is 47.3. The first kappa shape index (κ1) is 65.3. The molecule has 0 atom stereocenters. The summed E-state index contributed by atoms with van der Waals surface area (Å²) in [5.41, 5.74) is 11.4. The highest BCUT2D eigenvalue weighted by Crippen LogP contribution is 2.15. The van der Waals surface area contributed by atoms with Gasteiger partial charge in [0, 0.05) is 39.3 Å². The maximum atomic E-state index is 14.5. The number of nitrogens with two attached hydrogens (primary N) is 2. The summed E-state index contributed by atoms with van der Waals surface area (Å²) in [4.78, 5) is 75.2. The van der Waals surface area contributed by atoms with Crippen molar-refractivity contribution in [1.29, 1.82) is 0 Å². The van der Waals surface area contributed by atoms with Crippen LogP contribution in [0.1, 0.15) is 259 Å². The van der Waals surface area contributed by atoms with Gasteiger partial charge < -0.3 is 36.4 Å². The number of nitrogens with zero attached hydrogens (tertiary/aromatic N) is 4. The molecule has 0 aromatic heterocycles. The van der Waals surface area contributed by atoms with Gasteiger partial charge in [-0.25, -0.2) is 0 Å². The van der Waals surface area contributed by atoms with Crippen molar-refractivity contribution in [1.82, 2.24) is 24.9 Å². The molecule has 0 saturated carbocycles. The van der Waals surface area contributed by atoms with Crippen molar-refractivity contribution in [3.05, 3.63) is 0 Å². The second-order valence-corrected chi connectivity index (χ2v) is 20.0. The molecule has 400 valence electrons. The van der Waals surface area contributed by atoms with E-state index in [-0.39, 0.29) is 56.4 Å². The van der Waals surface area contributed by atoms with Crippen molar-refractivity contribution in [3.8, 4) is 0 Å². The number of hydrogen-bond donors (Lipinski definition) is 3. The smallest absolute Gasteiger partial charge is 0.242 e. The van der Waals surface area contributed by atoms with Crippen LogP contribution in [0.4, 0.5) is 0 Å². The molecule has 0 bridgehead atoms. The Balaban J connectivity index is 6.14. The average Bonchev–Trinajstić information content (AvgIpc) is 3.32. The third kappa shape index (κ3) is 40.0. The van der Waals surface area contributed by atoms with Crippen molar-refractivity contribution in [2.75, 3.05) is 72.0 Å². The second kappa shape index (κ2) is 49.3. The first-order valence-electron chi connectivity index (χ1n) is 28.9. The third-order valence-corrected chi connectivity index (χ3v) is 13.5. The number of primary amides is 1. The normalized spacial score (nSPS) is 11.2. The van der Waals surface area contributed by atoms with Crippen LogP contribution in [0.15, 0.2) is 0 Å². The van der Waals surface area contributed by atoms with Gasteiger partial charge >= 0.3 is 0 Å². The monoisotopic (exact) mass is 962 g/mol. The number of carbonyl (C=O) groups is 5. The van der Waals surface area contributed by atoms with Crippen molar-refractivity contribution >= 4 is 29.5 Å². The van der Waals surface area contributed by atoms with Crippen LogP contribution in [-0.4, -0.2) is 121 Å². The van der Waals surface area contributed by atoms with Crippen molar-refractivity contribution in [2.45, 2.75) is 259 Å². The third-order valence-electron chi connectivity index (χ3n) is 13.5. The lowest BCUT2D eigenvalue weighted by Gasteiger charge is -2.31. The highest BCUT2D eigenvalue weighted by atomic mass is 16.2. The minimum absolute atomic E-state index is 0.0900. The Labute approximate surface area is 419 Å². The summed E-state index contributed by atoms with van der Waals surface area (Å²) in [6.07, 6.45) is 41.1. The molecule has 0 spiro atoms. The Morgan fingerprint density at radius 2 is 0.544 bits per heavy atom. The fourth-order valence-corrected chi connectivity index (χ4v) is 9.01. The van der Waals surface area contributed by atoms with E-state index >= 15 is 0 Å². The van der Waals surface area contributed by atoms with Gasteiger partial charge in [-0.3, -0.25) is 24.0 Å². The summed E-state index contributed by atoms with van der Waals surface area (Å²) in [5, 5.41) is 3.12. The van der Waals surface area contributed by atoms with E-state index in [0.29, 0.717) is 39.3 Å². The van der Waals surface area contributed by atoms with E-state index < -0.39 is 5.91 Å². The van der Waals surface area contributed by atoms with Gasteiger partial charge in [0.2, 0.25) is 29.5 Å². The Morgan fingerprint density at radius 1 is 0.324 bits per heavy atom. The lowest BCUT2D eigenvalue weighted by Crippen LogP contribution is -2.51. The summed E-state index contributed by atoms with van der Waals surface area (Å²) in [7, 11) is 0. The van der Waals surface area contributed by atoms with Crippen molar-refractivity contribution in [3.63, 3.8) is 0 Å². The molecule has 12 heteroatoms. The number of unbranched alkanes of at least 4 members (excludes halogenated alkanes) is 32. The van der Waals surface area contributed by atoms with Crippen LogP contribution in [0, 0.1) is 0 Å². The van der Waals surface area contributed by atoms with Gasteiger partial charge in [-0.05, 0) is 25.7 Å². The minimum atomic E-state index is -0.567. The SMILES string of the molecule is CCCCCCCCCCCCN(CC(=O)N(CCCCCCCCCC)CC(=O)N(CCCCCCCCCCCC)CC(=O)N(CCCCCCCCCC)CC(N)=O)C(=O)CNCCN. The predicted octanol–water partition coefficient (Wildman–Crippen LogP) is 11.5. The molecule has 5 N–H and O–H groups in total. The lowest BCUT2D eigenvalue weighted by atomic mass is 10.1. The quantitative estimate of drug-likeness (QED) is 0.0511. The standard InChI is InChI=1S/C56H111N7O5/c1-5-9-13-17-21-25-27-31-34-38-44-61(53(65)47-59-42-41-57)49-55(67)63(46-39-35-30-24-20-16-12-8-4)51-56(68)62(45-40-36-32-28-26-22-18-14-10-6-2)50-54(66)60(48-52(58)64)43-37-33-29-23-19-15-11-7-3/h59H,5-51,57H2,1-4H3,(H2,58,64). The van der Waals surface area contributed by atoms with Crippen LogP contribution in [0.25, 0.3) is 0 Å². The zero-order valence-electron chi connectivity index (χ0n) is 45.2. The fraction of sp³-hybridized carbons (Fsp3) is 0.911. The number of nitrogens with one attached hydrogen (secondary N) is 1. The molecule has 5 amide bonds. The summed E-state index contributed by atoms with van der Waals surface area (Å²) >= 11 is 0. The zero-order valence-corrected chi connectivity index (χ0v) is 45.2. The number of amides is 5. The minimum Gasteiger partial charge on any atom is -0.368 e. The molecule has 0 aromatic carbocycles. The molecule has 0 aliphatic carbocycles. The first-order chi connectivity index (χ1) is 33.1. The molecular formula is C56H111N7O5. The summed E-state index contributed by atoms with van der Waals surface area (Å²) in [6.45, 7) is 11.1. The zero-order chi connectivity index (χ0) is 50.1. The highest BCUT2D eigenvalue weighted by Gasteiger charge is 2.27. The van der Waals surface area contributed by atoms with Crippen LogP contribution in [0.3, 0.4) is 0 Å². The molecule has 0 saturated heterocycles. The lowest BCUT2D eigenvalue weighted by molar-refractivity contribution is -0.146. The molecule has 68 heavy (non-hydrogen) atoms. The van der Waals surface area contributed by atoms with E-state index in [2.05, 4.69) is 33.0 Å². The van der Waals surface area contributed by atoms with E-state index in [1.807, 2.05) is 0 Å². The number of rotatable bonds is 52. The molecule has 0 aromatic rings. The van der Waals surface area contributed by atoms with Gasteiger partial charge in [0.25, 0.3) is 0 Å². The van der Waals surface area contributed by atoms with Gasteiger partial charge in [-0.2, -0.15) is 0 Å². The number of hydrogen-bond acceptors (Lipinski definition) is 7. The topological polar surface area (TPSA) is 162 Å². The Hall–Kier alpha value is -2.73. The molecule has 0 aliphatic rings. The van der Waals surface area contributed by atoms with Crippen LogP contribution in [0.5, 0.6) is 0 Å². The second-order valence-electron chi connectivity index (χ2n) is 20.0. The fourth-order valence-electron chi connectivity index (χ4n) is 9.01. The van der Waals surface area contributed by atoms with Gasteiger partial charge in [0.05, 0.1) is 32.7 Å². The summed E-state index contributed by atoms with van der Waals surface area (Å²) in [6, 6.07) is 0. The predicted molar refractivity (Wildman–Crippen MR) is 286 cm³/mol. The van der Waals surface area contributed by atoms with Crippen molar-refractivity contribution < 1.29 is 24.0 Å². The highest BCUT2D eigenvalue weighted by molar-refractivity contribution is 5.91.